The van der Waals surface area contributed by atoms with Gasteiger partial charge in [-0.3, -0.25) is 0 Å². The Morgan fingerprint density at radius 1 is 1.53 bits per heavy atom. The van der Waals surface area contributed by atoms with Gasteiger partial charge in [0, 0.05) is 17.9 Å². The maximum Gasteiger partial charge on any atom is 0.151 e. The zero-order valence-electron chi connectivity index (χ0n) is 9.45. The van der Waals surface area contributed by atoms with Crippen LogP contribution in [-0.4, -0.2) is 49.8 Å². The third-order valence-electron chi connectivity index (χ3n) is 3.17. The van der Waals surface area contributed by atoms with E-state index in [0.717, 1.165) is 24.7 Å². The monoisotopic (exact) mass is 297 g/mol. The van der Waals surface area contributed by atoms with Crippen LogP contribution >= 0.6 is 15.9 Å². The minimum atomic E-state index is -2.74. The molecule has 1 saturated heterocycles. The van der Waals surface area contributed by atoms with Gasteiger partial charge in [-0.05, 0) is 19.4 Å². The predicted octanol–water partition coefficient (Wildman–Crippen LogP) is 1.53. The van der Waals surface area contributed by atoms with E-state index in [1.54, 1.807) is 0 Å². The fourth-order valence-electron chi connectivity index (χ4n) is 1.97. The summed E-state index contributed by atoms with van der Waals surface area (Å²) in [4.78, 5) is 2.21. The van der Waals surface area contributed by atoms with E-state index in [4.69, 9.17) is 0 Å². The number of sulfone groups is 1. The van der Waals surface area contributed by atoms with Crippen LogP contribution in [0.5, 0.6) is 0 Å². The highest BCUT2D eigenvalue weighted by molar-refractivity contribution is 9.09. The molecule has 1 aliphatic heterocycles. The van der Waals surface area contributed by atoms with Crippen LogP contribution in [0, 0.1) is 5.92 Å². The quantitative estimate of drug-likeness (QED) is 0.722. The molecule has 90 valence electrons. The van der Waals surface area contributed by atoms with E-state index in [-0.39, 0.29) is 6.04 Å². The van der Waals surface area contributed by atoms with Crippen LogP contribution < -0.4 is 0 Å². The van der Waals surface area contributed by atoms with E-state index in [0.29, 0.717) is 17.4 Å². The molecule has 0 bridgehead atoms. The lowest BCUT2D eigenvalue weighted by atomic mass is 10.1. The van der Waals surface area contributed by atoms with Crippen molar-refractivity contribution in [2.45, 2.75) is 25.8 Å². The normalized spacial score (nSPS) is 27.1. The van der Waals surface area contributed by atoms with Crippen molar-refractivity contribution in [2.75, 3.05) is 30.4 Å². The van der Waals surface area contributed by atoms with Gasteiger partial charge in [-0.2, -0.15) is 0 Å². The van der Waals surface area contributed by atoms with Crippen molar-refractivity contribution in [1.29, 1.82) is 0 Å². The smallest absolute Gasteiger partial charge is 0.151 e. The fourth-order valence-corrected chi connectivity index (χ4v) is 4.43. The van der Waals surface area contributed by atoms with Gasteiger partial charge < -0.3 is 4.90 Å². The summed E-state index contributed by atoms with van der Waals surface area (Å²) in [5.41, 5.74) is 0. The molecule has 3 nitrogen and oxygen atoms in total. The molecule has 0 aliphatic carbocycles. The largest absolute Gasteiger partial charge is 0.302 e. The highest BCUT2D eigenvalue weighted by Crippen LogP contribution is 2.18. The van der Waals surface area contributed by atoms with Crippen LogP contribution in [-0.2, 0) is 9.84 Å². The van der Waals surface area contributed by atoms with Crippen molar-refractivity contribution in [3.05, 3.63) is 0 Å². The molecule has 0 aromatic rings. The first-order valence-electron chi connectivity index (χ1n) is 5.45. The fraction of sp³-hybridized carbons (Fsp3) is 1.00. The molecular weight excluding hydrogens is 278 g/mol. The molecule has 1 fully saturated rings. The van der Waals surface area contributed by atoms with Gasteiger partial charge in [0.2, 0.25) is 0 Å². The van der Waals surface area contributed by atoms with Gasteiger partial charge in [0.25, 0.3) is 0 Å². The SMILES string of the molecule is CCC(CBr)CN(C)C1CCS(=O)(=O)C1. The molecule has 0 N–H and O–H groups in total. The van der Waals surface area contributed by atoms with Gasteiger partial charge in [0.15, 0.2) is 9.84 Å². The molecule has 0 amide bonds. The molecule has 5 heteroatoms. The van der Waals surface area contributed by atoms with E-state index in [1.165, 1.54) is 0 Å². The van der Waals surface area contributed by atoms with Crippen LogP contribution in [0.3, 0.4) is 0 Å². The average Bonchev–Trinajstić information content (AvgIpc) is 2.55. The average molecular weight is 298 g/mol. The summed E-state index contributed by atoms with van der Waals surface area (Å²) in [6.45, 7) is 3.16. The summed E-state index contributed by atoms with van der Waals surface area (Å²) in [6.07, 6.45) is 1.94. The summed E-state index contributed by atoms with van der Waals surface area (Å²) >= 11 is 3.49. The topological polar surface area (TPSA) is 37.4 Å². The number of alkyl halides is 1. The minimum Gasteiger partial charge on any atom is -0.302 e. The first-order valence-corrected chi connectivity index (χ1v) is 8.39. The lowest BCUT2D eigenvalue weighted by Crippen LogP contribution is -2.36. The Balaban J connectivity index is 2.44. The van der Waals surface area contributed by atoms with Crippen LogP contribution in [0.2, 0.25) is 0 Å². The van der Waals surface area contributed by atoms with E-state index in [2.05, 4.69) is 27.8 Å². The summed E-state index contributed by atoms with van der Waals surface area (Å²) < 4.78 is 22.7. The van der Waals surface area contributed by atoms with E-state index in [1.807, 2.05) is 7.05 Å². The number of hydrogen-bond donors (Lipinski definition) is 0. The third-order valence-corrected chi connectivity index (χ3v) is 5.84. The molecule has 0 spiro atoms. The number of rotatable bonds is 5. The Bertz CT molecular complexity index is 288. The van der Waals surface area contributed by atoms with Gasteiger partial charge in [-0.15, -0.1) is 0 Å². The molecule has 0 saturated carbocycles. The molecule has 1 aliphatic rings. The van der Waals surface area contributed by atoms with Gasteiger partial charge in [0.1, 0.15) is 0 Å². The third kappa shape index (κ3) is 4.04. The molecular formula is C10H20BrNO2S. The lowest BCUT2D eigenvalue weighted by Gasteiger charge is -2.26. The molecule has 0 aromatic heterocycles. The van der Waals surface area contributed by atoms with Crippen molar-refractivity contribution >= 4 is 25.8 Å². The van der Waals surface area contributed by atoms with Crippen LogP contribution in [0.1, 0.15) is 19.8 Å². The van der Waals surface area contributed by atoms with Crippen LogP contribution in [0.25, 0.3) is 0 Å². The van der Waals surface area contributed by atoms with E-state index >= 15 is 0 Å². The molecule has 15 heavy (non-hydrogen) atoms. The van der Waals surface area contributed by atoms with Crippen molar-refractivity contribution < 1.29 is 8.42 Å². The van der Waals surface area contributed by atoms with E-state index < -0.39 is 9.84 Å². The number of halogens is 1. The predicted molar refractivity (Wildman–Crippen MR) is 67.3 cm³/mol. The Labute approximate surface area is 101 Å². The minimum absolute atomic E-state index is 0.239. The van der Waals surface area contributed by atoms with Crippen LogP contribution in [0.4, 0.5) is 0 Å². The van der Waals surface area contributed by atoms with Crippen molar-refractivity contribution in [2.24, 2.45) is 5.92 Å². The second-order valence-electron chi connectivity index (χ2n) is 4.43. The summed E-state index contributed by atoms with van der Waals surface area (Å²) in [7, 11) is -0.705. The van der Waals surface area contributed by atoms with Gasteiger partial charge in [0.05, 0.1) is 11.5 Å². The molecule has 2 unspecified atom stereocenters. The Morgan fingerprint density at radius 3 is 2.60 bits per heavy atom. The first-order chi connectivity index (χ1) is 6.98. The molecule has 0 radical (unpaired) electrons. The Hall–Kier alpha value is 0.390. The molecule has 2 atom stereocenters. The maximum atomic E-state index is 11.3. The summed E-state index contributed by atoms with van der Waals surface area (Å²) in [5, 5.41) is 0.993. The molecule has 1 rings (SSSR count). The maximum absolute atomic E-state index is 11.3. The Kier molecular flexibility index (Phi) is 5.06. The highest BCUT2D eigenvalue weighted by atomic mass is 79.9. The number of nitrogens with zero attached hydrogens (tertiary/aromatic N) is 1. The number of hydrogen-bond acceptors (Lipinski definition) is 3. The van der Waals surface area contributed by atoms with Gasteiger partial charge in [-0.1, -0.05) is 29.3 Å². The second-order valence-corrected chi connectivity index (χ2v) is 7.30. The van der Waals surface area contributed by atoms with Gasteiger partial charge in [-0.25, -0.2) is 8.42 Å². The standard InChI is InChI=1S/C10H20BrNO2S/c1-3-9(6-11)7-12(2)10-4-5-15(13,14)8-10/h9-10H,3-8H2,1-2H3. The first kappa shape index (κ1) is 13.5. The zero-order valence-corrected chi connectivity index (χ0v) is 11.8. The molecule has 0 aromatic carbocycles. The van der Waals surface area contributed by atoms with E-state index in [9.17, 15) is 8.42 Å². The Morgan fingerprint density at radius 2 is 2.20 bits per heavy atom. The van der Waals surface area contributed by atoms with Crippen molar-refractivity contribution in [3.63, 3.8) is 0 Å². The summed E-state index contributed by atoms with van der Waals surface area (Å²) in [5.74, 6) is 1.34. The zero-order chi connectivity index (χ0) is 11.5. The second kappa shape index (κ2) is 5.64. The van der Waals surface area contributed by atoms with Crippen molar-refractivity contribution in [3.8, 4) is 0 Å². The highest BCUT2D eigenvalue weighted by Gasteiger charge is 2.30. The molecule has 1 heterocycles. The van der Waals surface area contributed by atoms with Crippen LogP contribution in [0.15, 0.2) is 0 Å². The lowest BCUT2D eigenvalue weighted by molar-refractivity contribution is 0.227. The van der Waals surface area contributed by atoms with Gasteiger partial charge >= 0.3 is 0 Å². The van der Waals surface area contributed by atoms with Crippen molar-refractivity contribution in [1.82, 2.24) is 4.90 Å². The summed E-state index contributed by atoms with van der Waals surface area (Å²) in [6, 6.07) is 0.239.